The van der Waals surface area contributed by atoms with Crippen molar-refractivity contribution >= 4 is 11.9 Å². The Kier molecular flexibility index (Phi) is 4.71. The van der Waals surface area contributed by atoms with Crippen LogP contribution in [0.3, 0.4) is 0 Å². The average Bonchev–Trinajstić information content (AvgIpc) is 2.92. The van der Waals surface area contributed by atoms with Crippen molar-refractivity contribution < 1.29 is 9.59 Å². The first-order valence-electron chi connectivity index (χ1n) is 9.14. The Balaban J connectivity index is 1.40. The predicted octanol–water partition coefficient (Wildman–Crippen LogP) is 2.38. The summed E-state index contributed by atoms with van der Waals surface area (Å²) >= 11 is 0. The molecular weight excluding hydrogens is 326 g/mol. The van der Waals surface area contributed by atoms with Crippen LogP contribution in [0.5, 0.6) is 0 Å². The van der Waals surface area contributed by atoms with Crippen molar-refractivity contribution in [2.24, 2.45) is 0 Å². The third-order valence-corrected chi connectivity index (χ3v) is 5.21. The molecule has 0 aliphatic carbocycles. The van der Waals surface area contributed by atoms with E-state index >= 15 is 0 Å². The number of urea groups is 1. The van der Waals surface area contributed by atoms with Gasteiger partial charge in [0.15, 0.2) is 0 Å². The van der Waals surface area contributed by atoms with Gasteiger partial charge < -0.3 is 4.90 Å². The summed E-state index contributed by atoms with van der Waals surface area (Å²) < 4.78 is 0. The Morgan fingerprint density at radius 2 is 1.50 bits per heavy atom. The van der Waals surface area contributed by atoms with Crippen LogP contribution in [-0.2, 0) is 17.8 Å². The fraction of sp³-hybridized carbons (Fsp3) is 0.333. The summed E-state index contributed by atoms with van der Waals surface area (Å²) in [6.45, 7) is 3.30. The van der Waals surface area contributed by atoms with Crippen molar-refractivity contribution in [3.63, 3.8) is 0 Å². The van der Waals surface area contributed by atoms with Gasteiger partial charge in [0.05, 0.1) is 0 Å². The van der Waals surface area contributed by atoms with Gasteiger partial charge in [0.1, 0.15) is 6.04 Å². The maximum absolute atomic E-state index is 12.8. The molecule has 0 spiro atoms. The van der Waals surface area contributed by atoms with Gasteiger partial charge >= 0.3 is 6.03 Å². The zero-order chi connectivity index (χ0) is 17.9. The number of fused-ring (bicyclic) bond motifs is 1. The van der Waals surface area contributed by atoms with E-state index in [0.29, 0.717) is 26.1 Å². The molecule has 2 aliphatic heterocycles. The largest absolute Gasteiger partial charge is 0.327 e. The molecule has 134 valence electrons. The lowest BCUT2D eigenvalue weighted by Crippen LogP contribution is -2.52. The third kappa shape index (κ3) is 3.35. The van der Waals surface area contributed by atoms with Gasteiger partial charge in [-0.15, -0.1) is 0 Å². The maximum atomic E-state index is 12.8. The minimum Gasteiger partial charge on any atom is -0.310 e. The van der Waals surface area contributed by atoms with E-state index in [0.717, 1.165) is 18.7 Å². The molecule has 2 saturated heterocycles. The second-order valence-corrected chi connectivity index (χ2v) is 6.94. The number of hydrogen-bond donors (Lipinski definition) is 0. The molecule has 0 saturated carbocycles. The number of piperazine rings is 1. The molecule has 2 aromatic rings. The smallest absolute Gasteiger partial charge is 0.310 e. The van der Waals surface area contributed by atoms with Crippen molar-refractivity contribution in [1.29, 1.82) is 0 Å². The molecule has 1 atom stereocenters. The summed E-state index contributed by atoms with van der Waals surface area (Å²) in [4.78, 5) is 30.9. The van der Waals surface area contributed by atoms with Crippen LogP contribution >= 0.6 is 0 Å². The monoisotopic (exact) mass is 349 g/mol. The molecule has 2 fully saturated rings. The zero-order valence-corrected chi connectivity index (χ0v) is 14.8. The Labute approximate surface area is 153 Å². The van der Waals surface area contributed by atoms with Gasteiger partial charge in [-0.05, 0) is 17.5 Å². The van der Waals surface area contributed by atoms with Gasteiger partial charge in [-0.25, -0.2) is 4.79 Å². The molecule has 0 N–H and O–H groups in total. The number of rotatable bonds is 5. The highest BCUT2D eigenvalue weighted by Crippen LogP contribution is 2.23. The van der Waals surface area contributed by atoms with Gasteiger partial charge in [-0.1, -0.05) is 60.7 Å². The number of benzene rings is 2. The van der Waals surface area contributed by atoms with Crippen molar-refractivity contribution in [3.8, 4) is 0 Å². The SMILES string of the molecule is O=C1C2CN(Cc3ccccc3)CCN2C(=O)N1CCc1ccccc1. The summed E-state index contributed by atoms with van der Waals surface area (Å²) in [5.74, 6) is -0.0521. The van der Waals surface area contributed by atoms with E-state index < -0.39 is 0 Å². The number of amides is 3. The van der Waals surface area contributed by atoms with E-state index in [4.69, 9.17) is 0 Å². The lowest BCUT2D eigenvalue weighted by atomic mass is 10.1. The lowest BCUT2D eigenvalue weighted by Gasteiger charge is -2.35. The molecule has 2 aliphatic rings. The first kappa shape index (κ1) is 16.8. The summed E-state index contributed by atoms with van der Waals surface area (Å²) in [5, 5.41) is 0. The van der Waals surface area contributed by atoms with Crippen molar-refractivity contribution in [2.75, 3.05) is 26.2 Å². The molecule has 26 heavy (non-hydrogen) atoms. The molecule has 3 amide bonds. The third-order valence-electron chi connectivity index (χ3n) is 5.21. The van der Waals surface area contributed by atoms with Crippen LogP contribution in [0, 0.1) is 0 Å². The van der Waals surface area contributed by atoms with Crippen molar-refractivity contribution in [1.82, 2.24) is 14.7 Å². The molecule has 0 radical (unpaired) electrons. The Morgan fingerprint density at radius 1 is 0.846 bits per heavy atom. The molecule has 2 heterocycles. The Bertz CT molecular complexity index is 778. The number of carbonyl (C=O) groups is 2. The van der Waals surface area contributed by atoms with E-state index in [9.17, 15) is 9.59 Å². The van der Waals surface area contributed by atoms with E-state index in [2.05, 4.69) is 17.0 Å². The standard InChI is InChI=1S/C21H23N3O2/c25-20-19-16-22(15-18-9-5-2-6-10-18)13-14-23(19)21(26)24(20)12-11-17-7-3-1-4-8-17/h1-10,19H,11-16H2. The second kappa shape index (κ2) is 7.30. The molecule has 1 unspecified atom stereocenters. The molecule has 0 aromatic heterocycles. The van der Waals surface area contributed by atoms with Crippen molar-refractivity contribution in [3.05, 3.63) is 71.8 Å². The first-order valence-corrected chi connectivity index (χ1v) is 9.14. The van der Waals surface area contributed by atoms with Crippen molar-refractivity contribution in [2.45, 2.75) is 19.0 Å². The zero-order valence-electron chi connectivity index (χ0n) is 14.8. The van der Waals surface area contributed by atoms with Gasteiger partial charge in [0.25, 0.3) is 5.91 Å². The minimum atomic E-state index is -0.337. The quantitative estimate of drug-likeness (QED) is 0.779. The highest BCUT2D eigenvalue weighted by Gasteiger charge is 2.47. The summed E-state index contributed by atoms with van der Waals surface area (Å²) in [6.07, 6.45) is 0.701. The molecule has 4 rings (SSSR count). The van der Waals surface area contributed by atoms with E-state index in [-0.39, 0.29) is 18.0 Å². The summed E-state index contributed by atoms with van der Waals surface area (Å²) in [7, 11) is 0. The van der Waals surface area contributed by atoms with Crippen LogP contribution in [-0.4, -0.2) is 58.9 Å². The van der Waals surface area contributed by atoms with Crippen LogP contribution < -0.4 is 0 Å². The summed E-state index contributed by atoms with van der Waals surface area (Å²) in [6, 6.07) is 19.8. The van der Waals surface area contributed by atoms with Gasteiger partial charge in [0, 0.05) is 32.7 Å². The number of hydrogen-bond acceptors (Lipinski definition) is 3. The fourth-order valence-electron chi connectivity index (χ4n) is 3.79. The number of nitrogens with zero attached hydrogens (tertiary/aromatic N) is 3. The van der Waals surface area contributed by atoms with E-state index in [1.165, 1.54) is 10.5 Å². The minimum absolute atomic E-state index is 0.0521. The Hall–Kier alpha value is -2.66. The van der Waals surface area contributed by atoms with Gasteiger partial charge in [-0.2, -0.15) is 0 Å². The Morgan fingerprint density at radius 3 is 2.19 bits per heavy atom. The highest BCUT2D eigenvalue weighted by atomic mass is 16.2. The van der Waals surface area contributed by atoms with Gasteiger partial charge in [-0.3, -0.25) is 14.6 Å². The van der Waals surface area contributed by atoms with E-state index in [1.54, 1.807) is 4.90 Å². The average molecular weight is 349 g/mol. The maximum Gasteiger partial charge on any atom is 0.327 e. The van der Waals surface area contributed by atoms with Crippen LogP contribution in [0.4, 0.5) is 4.79 Å². The van der Waals surface area contributed by atoms with Gasteiger partial charge in [0.2, 0.25) is 0 Å². The topological polar surface area (TPSA) is 43.9 Å². The van der Waals surface area contributed by atoms with Crippen LogP contribution in [0.2, 0.25) is 0 Å². The second-order valence-electron chi connectivity index (χ2n) is 6.94. The summed E-state index contributed by atoms with van der Waals surface area (Å²) in [5.41, 5.74) is 2.38. The van der Waals surface area contributed by atoms with E-state index in [1.807, 2.05) is 48.5 Å². The molecule has 0 bridgehead atoms. The highest BCUT2D eigenvalue weighted by molar-refractivity contribution is 6.04. The number of imide groups is 1. The molecular formula is C21H23N3O2. The van der Waals surface area contributed by atoms with Crippen LogP contribution in [0.25, 0.3) is 0 Å². The molecule has 2 aromatic carbocycles. The lowest BCUT2D eigenvalue weighted by molar-refractivity contribution is -0.129. The molecule has 5 nitrogen and oxygen atoms in total. The first-order chi connectivity index (χ1) is 12.7. The van der Waals surface area contributed by atoms with Crippen LogP contribution in [0.15, 0.2) is 60.7 Å². The fourth-order valence-corrected chi connectivity index (χ4v) is 3.79. The number of carbonyl (C=O) groups excluding carboxylic acids is 2. The predicted molar refractivity (Wildman–Crippen MR) is 99.5 cm³/mol. The molecule has 5 heteroatoms. The van der Waals surface area contributed by atoms with Crippen LogP contribution in [0.1, 0.15) is 11.1 Å². The normalized spacial score (nSPS) is 20.5.